The molecule has 1 saturated heterocycles. The Hall–Kier alpha value is -2.47. The highest BCUT2D eigenvalue weighted by Crippen LogP contribution is 2.25. The van der Waals surface area contributed by atoms with E-state index in [-0.39, 0.29) is 5.91 Å². The van der Waals surface area contributed by atoms with Crippen LogP contribution in [0.1, 0.15) is 42.7 Å². The number of nitrogens with zero attached hydrogens (tertiary/aromatic N) is 4. The Morgan fingerprint density at radius 1 is 1.12 bits per heavy atom. The lowest BCUT2D eigenvalue weighted by Crippen LogP contribution is -2.48. The van der Waals surface area contributed by atoms with Crippen LogP contribution in [-0.2, 0) is 0 Å². The summed E-state index contributed by atoms with van der Waals surface area (Å²) in [6.07, 6.45) is 3.20. The van der Waals surface area contributed by atoms with Crippen LogP contribution in [0.15, 0.2) is 36.7 Å². The van der Waals surface area contributed by atoms with Crippen molar-refractivity contribution >= 4 is 17.4 Å². The molecule has 0 saturated carbocycles. The first kappa shape index (κ1) is 18.3. The van der Waals surface area contributed by atoms with Crippen LogP contribution in [0, 0.1) is 0 Å². The van der Waals surface area contributed by atoms with Gasteiger partial charge >= 0.3 is 0 Å². The number of carbonyl (C=O) groups excluding carboxylic acids is 1. The van der Waals surface area contributed by atoms with Gasteiger partial charge in [0.25, 0.3) is 5.91 Å². The lowest BCUT2D eigenvalue weighted by Gasteiger charge is -2.33. The Morgan fingerprint density at radius 3 is 2.46 bits per heavy atom. The summed E-state index contributed by atoms with van der Waals surface area (Å²) in [7, 11) is 0. The molecule has 1 fully saturated rings. The molecule has 6 nitrogen and oxygen atoms in total. The molecule has 1 amide bonds. The monoisotopic (exact) mass is 353 g/mol. The summed E-state index contributed by atoms with van der Waals surface area (Å²) in [4.78, 5) is 25.5. The maximum atomic E-state index is 12.6. The van der Waals surface area contributed by atoms with Crippen molar-refractivity contribution in [3.05, 3.63) is 47.9 Å². The van der Waals surface area contributed by atoms with E-state index in [4.69, 9.17) is 0 Å². The highest BCUT2D eigenvalue weighted by atomic mass is 16.2. The van der Waals surface area contributed by atoms with E-state index in [0.717, 1.165) is 38.4 Å². The molecule has 6 heteroatoms. The molecule has 1 aliphatic rings. The number of rotatable bonds is 5. The number of para-hydroxylation sites is 1. The molecule has 2 aromatic rings. The Bertz CT molecular complexity index is 736. The molecular weight excluding hydrogens is 326 g/mol. The van der Waals surface area contributed by atoms with Gasteiger partial charge in [0.2, 0.25) is 0 Å². The first-order chi connectivity index (χ1) is 12.6. The van der Waals surface area contributed by atoms with E-state index in [0.29, 0.717) is 17.4 Å². The smallest absolute Gasteiger partial charge is 0.274 e. The van der Waals surface area contributed by atoms with Crippen LogP contribution in [0.5, 0.6) is 0 Å². The zero-order valence-corrected chi connectivity index (χ0v) is 15.8. The number of nitrogens with one attached hydrogen (secondary N) is 1. The fraction of sp³-hybridized carbons (Fsp3) is 0.450. The molecule has 26 heavy (non-hydrogen) atoms. The molecule has 0 bridgehead atoms. The lowest BCUT2D eigenvalue weighted by molar-refractivity contribution is 0.0637. The van der Waals surface area contributed by atoms with E-state index in [1.807, 2.05) is 23.1 Å². The molecular formula is C20H27N5O. The van der Waals surface area contributed by atoms with Gasteiger partial charge in [-0.05, 0) is 24.1 Å². The number of amides is 1. The lowest BCUT2D eigenvalue weighted by atomic mass is 10.0. The Kier molecular flexibility index (Phi) is 5.83. The second kappa shape index (κ2) is 8.27. The summed E-state index contributed by atoms with van der Waals surface area (Å²) in [6.45, 7) is 10.8. The van der Waals surface area contributed by atoms with Crippen LogP contribution in [0.25, 0.3) is 0 Å². The molecule has 0 atom stereocenters. The molecule has 0 radical (unpaired) electrons. The zero-order valence-electron chi connectivity index (χ0n) is 15.8. The van der Waals surface area contributed by atoms with Crippen LogP contribution in [0.2, 0.25) is 0 Å². The van der Waals surface area contributed by atoms with Crippen molar-refractivity contribution in [2.75, 3.05) is 38.0 Å². The number of hydrogen-bond donors (Lipinski definition) is 1. The van der Waals surface area contributed by atoms with Crippen molar-refractivity contribution in [2.24, 2.45) is 0 Å². The minimum atomic E-state index is -0.0395. The molecule has 0 unspecified atom stereocenters. The molecule has 2 heterocycles. The fourth-order valence-electron chi connectivity index (χ4n) is 3.18. The topological polar surface area (TPSA) is 61.4 Å². The number of benzene rings is 1. The number of carbonyl (C=O) groups is 1. The van der Waals surface area contributed by atoms with E-state index >= 15 is 0 Å². The van der Waals surface area contributed by atoms with Crippen molar-refractivity contribution in [2.45, 2.75) is 26.7 Å². The molecule has 0 spiro atoms. The van der Waals surface area contributed by atoms with Crippen LogP contribution in [0.3, 0.4) is 0 Å². The standard InChI is InChI=1S/C20H27N5O/c1-4-24-9-11-25(12-10-24)20(26)18-13-22-19(14-21-18)23-17-8-6-5-7-16(17)15(2)3/h5-8,13-15H,4,9-12H2,1-3H3,(H,22,23). The van der Waals surface area contributed by atoms with Crippen LogP contribution in [-0.4, -0.2) is 58.4 Å². The summed E-state index contributed by atoms with van der Waals surface area (Å²) in [5.41, 5.74) is 2.65. The zero-order chi connectivity index (χ0) is 18.5. The molecule has 0 aliphatic carbocycles. The molecule has 3 rings (SSSR count). The highest BCUT2D eigenvalue weighted by Gasteiger charge is 2.22. The van der Waals surface area contributed by atoms with Gasteiger partial charge in [0, 0.05) is 31.9 Å². The summed E-state index contributed by atoms with van der Waals surface area (Å²) in [5.74, 6) is 1.02. The van der Waals surface area contributed by atoms with Gasteiger partial charge in [-0.3, -0.25) is 4.79 Å². The normalized spacial score (nSPS) is 15.3. The molecule has 1 aromatic carbocycles. The number of anilines is 2. The van der Waals surface area contributed by atoms with Crippen molar-refractivity contribution in [3.8, 4) is 0 Å². The van der Waals surface area contributed by atoms with Crippen molar-refractivity contribution < 1.29 is 4.79 Å². The first-order valence-electron chi connectivity index (χ1n) is 9.28. The summed E-state index contributed by atoms with van der Waals surface area (Å²) < 4.78 is 0. The molecule has 1 aliphatic heterocycles. The van der Waals surface area contributed by atoms with E-state index in [9.17, 15) is 4.79 Å². The number of piperazine rings is 1. The minimum Gasteiger partial charge on any atom is -0.339 e. The Labute approximate surface area is 155 Å². The third-order valence-electron chi connectivity index (χ3n) is 4.82. The second-order valence-electron chi connectivity index (χ2n) is 6.88. The van der Waals surface area contributed by atoms with Gasteiger partial charge in [0.15, 0.2) is 0 Å². The van der Waals surface area contributed by atoms with E-state index in [1.54, 1.807) is 12.4 Å². The van der Waals surface area contributed by atoms with Gasteiger partial charge < -0.3 is 15.1 Å². The summed E-state index contributed by atoms with van der Waals surface area (Å²) in [6, 6.07) is 8.17. The number of aromatic nitrogens is 2. The summed E-state index contributed by atoms with van der Waals surface area (Å²) >= 11 is 0. The number of likely N-dealkylation sites (N-methyl/N-ethyl adjacent to an activating group) is 1. The number of hydrogen-bond acceptors (Lipinski definition) is 5. The maximum Gasteiger partial charge on any atom is 0.274 e. The maximum absolute atomic E-state index is 12.6. The van der Waals surface area contributed by atoms with Gasteiger partial charge in [0.05, 0.1) is 12.4 Å². The van der Waals surface area contributed by atoms with E-state index < -0.39 is 0 Å². The quantitative estimate of drug-likeness (QED) is 0.895. The van der Waals surface area contributed by atoms with Gasteiger partial charge in [-0.25, -0.2) is 9.97 Å². The van der Waals surface area contributed by atoms with E-state index in [1.165, 1.54) is 5.56 Å². The van der Waals surface area contributed by atoms with Gasteiger partial charge in [0.1, 0.15) is 11.5 Å². The van der Waals surface area contributed by atoms with Crippen molar-refractivity contribution in [1.29, 1.82) is 0 Å². The second-order valence-corrected chi connectivity index (χ2v) is 6.88. The van der Waals surface area contributed by atoms with E-state index in [2.05, 4.69) is 47.0 Å². The van der Waals surface area contributed by atoms with Crippen LogP contribution < -0.4 is 5.32 Å². The third kappa shape index (κ3) is 4.19. The first-order valence-corrected chi connectivity index (χ1v) is 9.28. The van der Waals surface area contributed by atoms with Crippen molar-refractivity contribution in [1.82, 2.24) is 19.8 Å². The minimum absolute atomic E-state index is 0.0395. The van der Waals surface area contributed by atoms with Gasteiger partial charge in [-0.1, -0.05) is 39.0 Å². The average molecular weight is 353 g/mol. The van der Waals surface area contributed by atoms with Crippen molar-refractivity contribution in [3.63, 3.8) is 0 Å². The Balaban J connectivity index is 1.66. The molecule has 1 N–H and O–H groups in total. The fourth-order valence-corrected chi connectivity index (χ4v) is 3.18. The largest absolute Gasteiger partial charge is 0.339 e. The van der Waals surface area contributed by atoms with Crippen LogP contribution >= 0.6 is 0 Å². The molecule has 1 aromatic heterocycles. The van der Waals surface area contributed by atoms with Crippen LogP contribution in [0.4, 0.5) is 11.5 Å². The summed E-state index contributed by atoms with van der Waals surface area (Å²) in [5, 5.41) is 3.31. The SMILES string of the molecule is CCN1CCN(C(=O)c2cnc(Nc3ccccc3C(C)C)cn2)CC1. The predicted octanol–water partition coefficient (Wildman–Crippen LogP) is 3.12. The average Bonchev–Trinajstić information content (AvgIpc) is 2.68. The Morgan fingerprint density at radius 2 is 1.85 bits per heavy atom. The molecule has 138 valence electrons. The van der Waals surface area contributed by atoms with Gasteiger partial charge in [-0.2, -0.15) is 0 Å². The highest BCUT2D eigenvalue weighted by molar-refractivity contribution is 5.92. The third-order valence-corrected chi connectivity index (χ3v) is 4.82. The van der Waals surface area contributed by atoms with Gasteiger partial charge in [-0.15, -0.1) is 0 Å². The predicted molar refractivity (Wildman–Crippen MR) is 104 cm³/mol.